The summed E-state index contributed by atoms with van der Waals surface area (Å²) in [6, 6.07) is 6.21. The second-order valence-corrected chi connectivity index (χ2v) is 4.48. The minimum absolute atomic E-state index is 0.0505. The van der Waals surface area contributed by atoms with Gasteiger partial charge in [0.2, 0.25) is 5.91 Å². The maximum atomic E-state index is 11.7. The van der Waals surface area contributed by atoms with Gasteiger partial charge in [0.1, 0.15) is 0 Å². The largest absolute Gasteiger partial charge is 0.324 e. The highest BCUT2D eigenvalue weighted by atomic mass is 16.2. The van der Waals surface area contributed by atoms with Gasteiger partial charge in [-0.15, -0.1) is 0 Å². The number of anilines is 1. The predicted octanol–water partition coefficient (Wildman–Crippen LogP) is 2.01. The van der Waals surface area contributed by atoms with Crippen LogP contribution in [0.3, 0.4) is 0 Å². The number of carbonyl (C=O) groups is 1. The molecule has 0 saturated carbocycles. The number of benzene rings is 1. The summed E-state index contributed by atoms with van der Waals surface area (Å²) >= 11 is 0. The van der Waals surface area contributed by atoms with Gasteiger partial charge in [0.25, 0.3) is 0 Å². The second kappa shape index (κ2) is 4.26. The van der Waals surface area contributed by atoms with E-state index in [1.165, 1.54) is 5.56 Å². The quantitative estimate of drug-likeness (QED) is 0.783. The molecule has 0 radical (unpaired) electrons. The number of hydrogen-bond donors (Lipinski definition) is 1. The van der Waals surface area contributed by atoms with E-state index in [1.807, 2.05) is 26.1 Å². The molecule has 2 N–H and O–H groups in total. The molecule has 1 aromatic rings. The molecule has 1 atom stereocenters. The molecule has 0 bridgehead atoms. The van der Waals surface area contributed by atoms with Crippen molar-refractivity contribution in [3.63, 3.8) is 0 Å². The van der Waals surface area contributed by atoms with E-state index in [0.717, 1.165) is 24.1 Å². The number of hydrogen-bond acceptors (Lipinski definition) is 2. The van der Waals surface area contributed by atoms with Crippen LogP contribution < -0.4 is 10.6 Å². The Hall–Kier alpha value is -1.35. The van der Waals surface area contributed by atoms with Crippen LogP contribution in [0.15, 0.2) is 18.2 Å². The van der Waals surface area contributed by atoms with Crippen molar-refractivity contribution in [3.05, 3.63) is 29.3 Å². The number of aryl methyl sites for hydroxylation is 1. The highest BCUT2D eigenvalue weighted by Gasteiger charge is 2.19. The number of carbonyl (C=O) groups excluding carboxylic acids is 1. The predicted molar refractivity (Wildman–Crippen MR) is 65.4 cm³/mol. The number of nitrogens with two attached hydrogens (primary N) is 1. The van der Waals surface area contributed by atoms with Crippen LogP contribution in [-0.4, -0.2) is 13.0 Å². The van der Waals surface area contributed by atoms with Gasteiger partial charge in [-0.3, -0.25) is 4.79 Å². The van der Waals surface area contributed by atoms with E-state index in [2.05, 4.69) is 6.07 Å². The van der Waals surface area contributed by atoms with Crippen LogP contribution in [0.25, 0.3) is 0 Å². The molecule has 1 aromatic carbocycles. The summed E-state index contributed by atoms with van der Waals surface area (Å²) in [4.78, 5) is 13.5. The average molecular weight is 218 g/mol. The summed E-state index contributed by atoms with van der Waals surface area (Å²) in [6.07, 6.45) is 2.53. The van der Waals surface area contributed by atoms with Gasteiger partial charge in [-0.05, 0) is 37.0 Å². The van der Waals surface area contributed by atoms with Gasteiger partial charge < -0.3 is 10.6 Å². The summed E-state index contributed by atoms with van der Waals surface area (Å²) in [5.74, 6) is 0.201. The molecule has 3 heteroatoms. The molecular weight excluding hydrogens is 200 g/mol. The van der Waals surface area contributed by atoms with Crippen molar-refractivity contribution in [1.29, 1.82) is 0 Å². The normalized spacial score (nSPS) is 17.9. The number of fused-ring (bicyclic) bond motifs is 1. The van der Waals surface area contributed by atoms with E-state index < -0.39 is 0 Å². The van der Waals surface area contributed by atoms with Gasteiger partial charge in [0.15, 0.2) is 0 Å². The number of rotatable bonds is 1. The molecule has 0 aromatic heterocycles. The molecule has 0 aliphatic carbocycles. The van der Waals surface area contributed by atoms with Crippen molar-refractivity contribution in [2.45, 2.75) is 32.2 Å². The topological polar surface area (TPSA) is 46.3 Å². The van der Waals surface area contributed by atoms with E-state index in [-0.39, 0.29) is 11.9 Å². The second-order valence-electron chi connectivity index (χ2n) is 4.48. The first-order valence-corrected chi connectivity index (χ1v) is 5.74. The van der Waals surface area contributed by atoms with Gasteiger partial charge in [0, 0.05) is 25.2 Å². The van der Waals surface area contributed by atoms with Crippen molar-refractivity contribution >= 4 is 11.6 Å². The fourth-order valence-corrected chi connectivity index (χ4v) is 2.15. The van der Waals surface area contributed by atoms with Crippen LogP contribution in [0.2, 0.25) is 0 Å². The molecule has 1 aliphatic heterocycles. The number of amides is 1. The molecule has 86 valence electrons. The van der Waals surface area contributed by atoms with Gasteiger partial charge in [-0.1, -0.05) is 12.1 Å². The third-order valence-corrected chi connectivity index (χ3v) is 3.20. The van der Waals surface area contributed by atoms with Gasteiger partial charge in [-0.25, -0.2) is 0 Å². The van der Waals surface area contributed by atoms with Crippen LogP contribution in [0, 0.1) is 0 Å². The first kappa shape index (κ1) is 11.1. The Morgan fingerprint density at radius 3 is 2.81 bits per heavy atom. The van der Waals surface area contributed by atoms with Crippen LogP contribution in [0.5, 0.6) is 0 Å². The molecule has 1 amide bonds. The van der Waals surface area contributed by atoms with E-state index in [0.29, 0.717) is 6.42 Å². The van der Waals surface area contributed by atoms with Crippen molar-refractivity contribution in [2.75, 3.05) is 11.9 Å². The van der Waals surface area contributed by atoms with Crippen molar-refractivity contribution < 1.29 is 4.79 Å². The van der Waals surface area contributed by atoms with Crippen LogP contribution in [0.1, 0.15) is 36.9 Å². The molecule has 2 rings (SSSR count). The fourth-order valence-electron chi connectivity index (χ4n) is 2.15. The van der Waals surface area contributed by atoms with Gasteiger partial charge in [0.05, 0.1) is 0 Å². The minimum Gasteiger partial charge on any atom is -0.324 e. The first-order chi connectivity index (χ1) is 7.59. The molecule has 0 spiro atoms. The molecule has 3 nitrogen and oxygen atoms in total. The van der Waals surface area contributed by atoms with E-state index in [9.17, 15) is 4.79 Å². The third-order valence-electron chi connectivity index (χ3n) is 3.20. The Morgan fingerprint density at radius 1 is 1.38 bits per heavy atom. The zero-order valence-electron chi connectivity index (χ0n) is 9.86. The lowest BCUT2D eigenvalue weighted by Crippen LogP contribution is -2.25. The summed E-state index contributed by atoms with van der Waals surface area (Å²) < 4.78 is 0. The number of nitrogens with zero attached hydrogens (tertiary/aromatic N) is 1. The van der Waals surface area contributed by atoms with Crippen LogP contribution in [-0.2, 0) is 11.2 Å². The SMILES string of the molecule is CC(N)c1ccc2c(c1)CCCC(=O)N2C. The maximum absolute atomic E-state index is 11.7. The lowest BCUT2D eigenvalue weighted by atomic mass is 10.0. The third kappa shape index (κ3) is 1.95. The fraction of sp³-hybridized carbons (Fsp3) is 0.462. The van der Waals surface area contributed by atoms with Gasteiger partial charge >= 0.3 is 0 Å². The first-order valence-electron chi connectivity index (χ1n) is 5.74. The Bertz CT molecular complexity index is 412. The van der Waals surface area contributed by atoms with Crippen molar-refractivity contribution in [1.82, 2.24) is 0 Å². The lowest BCUT2D eigenvalue weighted by Gasteiger charge is -2.18. The monoisotopic (exact) mass is 218 g/mol. The Balaban J connectivity index is 2.43. The van der Waals surface area contributed by atoms with E-state index >= 15 is 0 Å². The lowest BCUT2D eigenvalue weighted by molar-refractivity contribution is -0.118. The molecular formula is C13H18N2O. The smallest absolute Gasteiger partial charge is 0.226 e. The van der Waals surface area contributed by atoms with Crippen molar-refractivity contribution in [3.8, 4) is 0 Å². The molecule has 1 aliphatic rings. The van der Waals surface area contributed by atoms with Crippen molar-refractivity contribution in [2.24, 2.45) is 5.73 Å². The summed E-state index contributed by atoms with van der Waals surface area (Å²) in [5.41, 5.74) is 9.28. The van der Waals surface area contributed by atoms with Crippen LogP contribution >= 0.6 is 0 Å². The molecule has 1 heterocycles. The summed E-state index contributed by atoms with van der Waals surface area (Å²) in [6.45, 7) is 1.98. The molecule has 0 fully saturated rings. The van der Waals surface area contributed by atoms with Gasteiger partial charge in [-0.2, -0.15) is 0 Å². The Kier molecular flexibility index (Phi) is 2.97. The highest BCUT2D eigenvalue weighted by molar-refractivity contribution is 5.94. The Morgan fingerprint density at radius 2 is 2.12 bits per heavy atom. The highest BCUT2D eigenvalue weighted by Crippen LogP contribution is 2.28. The zero-order chi connectivity index (χ0) is 11.7. The average Bonchev–Trinajstić information content (AvgIpc) is 2.40. The molecule has 0 saturated heterocycles. The zero-order valence-corrected chi connectivity index (χ0v) is 9.86. The maximum Gasteiger partial charge on any atom is 0.226 e. The van der Waals surface area contributed by atoms with Crippen LogP contribution in [0.4, 0.5) is 5.69 Å². The van der Waals surface area contributed by atoms with E-state index in [1.54, 1.807) is 4.90 Å². The molecule has 16 heavy (non-hydrogen) atoms. The minimum atomic E-state index is 0.0505. The summed E-state index contributed by atoms with van der Waals surface area (Å²) in [5, 5.41) is 0. The van der Waals surface area contributed by atoms with E-state index in [4.69, 9.17) is 5.73 Å². The standard InChI is InChI=1S/C13H18N2O/c1-9(14)10-6-7-12-11(8-10)4-3-5-13(16)15(12)2/h6-9H,3-5,14H2,1-2H3. The Labute approximate surface area is 96.2 Å². The summed E-state index contributed by atoms with van der Waals surface area (Å²) in [7, 11) is 1.85. The molecule has 1 unspecified atom stereocenters.